The van der Waals surface area contributed by atoms with Crippen LogP contribution in [0.1, 0.15) is 49.8 Å². The van der Waals surface area contributed by atoms with Crippen molar-refractivity contribution in [1.29, 1.82) is 0 Å². The number of carbonyl (C=O) groups is 1. The number of rotatable bonds is 5. The molecule has 2 aromatic rings. The van der Waals surface area contributed by atoms with Crippen LogP contribution < -0.4 is 4.74 Å². The summed E-state index contributed by atoms with van der Waals surface area (Å²) in [4.78, 5) is 18.1. The summed E-state index contributed by atoms with van der Waals surface area (Å²) >= 11 is 0. The molecule has 2 aliphatic heterocycles. The molecule has 5 atom stereocenters. The summed E-state index contributed by atoms with van der Waals surface area (Å²) in [6.07, 6.45) is 10.6. The molecule has 6 nitrogen and oxygen atoms in total. The first-order valence-electron chi connectivity index (χ1n) is 12.6. The Kier molecular flexibility index (Phi) is 5.07. The number of ether oxygens (including phenoxy) is 1. The van der Waals surface area contributed by atoms with Gasteiger partial charge in [-0.25, -0.2) is 0 Å². The second kappa shape index (κ2) is 7.91. The van der Waals surface area contributed by atoms with Gasteiger partial charge < -0.3 is 24.1 Å². The van der Waals surface area contributed by atoms with E-state index in [2.05, 4.69) is 30.7 Å². The first kappa shape index (κ1) is 21.8. The van der Waals surface area contributed by atoms with Crippen LogP contribution in [0.4, 0.5) is 0 Å². The van der Waals surface area contributed by atoms with Crippen LogP contribution in [0.3, 0.4) is 0 Å². The molecular weight excluding hydrogens is 428 g/mol. The second-order valence-corrected chi connectivity index (χ2v) is 11.0. The van der Waals surface area contributed by atoms with Crippen molar-refractivity contribution in [2.45, 2.75) is 63.1 Å². The quantitative estimate of drug-likeness (QED) is 0.674. The highest BCUT2D eigenvalue weighted by Crippen LogP contribution is 2.63. The number of benzene rings is 1. The van der Waals surface area contributed by atoms with Crippen LogP contribution in [-0.4, -0.2) is 59.1 Å². The van der Waals surface area contributed by atoms with E-state index in [1.54, 1.807) is 24.7 Å². The summed E-state index contributed by atoms with van der Waals surface area (Å²) in [6, 6.07) is 6.00. The number of likely N-dealkylation sites (tertiary alicyclic amines) is 1. The van der Waals surface area contributed by atoms with Gasteiger partial charge in [-0.05, 0) is 75.4 Å². The number of furan rings is 1. The predicted octanol–water partition coefficient (Wildman–Crippen LogP) is 4.22. The lowest BCUT2D eigenvalue weighted by Gasteiger charge is -2.60. The average Bonchev–Trinajstić information content (AvgIpc) is 3.45. The van der Waals surface area contributed by atoms with Gasteiger partial charge in [-0.3, -0.25) is 4.79 Å². The molecule has 2 fully saturated rings. The molecule has 0 unspecified atom stereocenters. The van der Waals surface area contributed by atoms with E-state index in [-0.39, 0.29) is 23.5 Å². The molecule has 1 aromatic heterocycles. The van der Waals surface area contributed by atoms with E-state index in [4.69, 9.17) is 9.15 Å². The Morgan fingerprint density at radius 1 is 1.32 bits per heavy atom. The minimum atomic E-state index is -0.133. The zero-order valence-electron chi connectivity index (χ0n) is 20.2. The number of likely N-dealkylation sites (N-methyl/N-ethyl adjacent to an activating group) is 1. The molecule has 6 rings (SSSR count). The highest BCUT2D eigenvalue weighted by atomic mass is 16.5. The molecule has 2 aliphatic carbocycles. The average molecular weight is 463 g/mol. The molecule has 4 aliphatic rings. The molecule has 1 saturated carbocycles. The van der Waals surface area contributed by atoms with Crippen molar-refractivity contribution in [3.63, 3.8) is 0 Å². The highest BCUT2D eigenvalue weighted by Gasteiger charge is 2.66. The number of aromatic hydroxyl groups is 1. The van der Waals surface area contributed by atoms with Gasteiger partial charge in [0.15, 0.2) is 0 Å². The number of phenolic OH excluding ortho intramolecular Hbond substituents is 1. The second-order valence-electron chi connectivity index (χ2n) is 11.0. The maximum atomic E-state index is 13.6. The number of phenols is 1. The molecule has 6 heteroatoms. The third kappa shape index (κ3) is 3.07. The lowest BCUT2D eigenvalue weighted by atomic mass is 9.51. The molecule has 1 aromatic carbocycles. The van der Waals surface area contributed by atoms with Crippen molar-refractivity contribution in [2.24, 2.45) is 11.8 Å². The molecule has 1 saturated heterocycles. The van der Waals surface area contributed by atoms with Crippen molar-refractivity contribution < 1.29 is 19.1 Å². The van der Waals surface area contributed by atoms with E-state index in [1.807, 2.05) is 18.2 Å². The van der Waals surface area contributed by atoms with Gasteiger partial charge in [0.05, 0.1) is 18.6 Å². The summed E-state index contributed by atoms with van der Waals surface area (Å²) in [5, 5.41) is 10.8. The van der Waals surface area contributed by atoms with Gasteiger partial charge in [0, 0.05) is 40.8 Å². The van der Waals surface area contributed by atoms with E-state index in [9.17, 15) is 9.90 Å². The molecule has 3 heterocycles. The standard InChI is InChI=1S/C28H34N2O4/c1-17(2)15-30(25(32)9-4-18-10-13-33-16-18)21-6-5-20-22-14-19-23(31)7-8-24-26(19)28(20,27(21)34-24)11-12-29(22)3/h4,7-10,13,16-17,20-22,27,31H,5-6,11-12,14-15H2,1-3H3/t20-,21-,22+,27+,28-/m0/s1. The van der Waals surface area contributed by atoms with Crippen LogP contribution in [0.2, 0.25) is 0 Å². The molecule has 180 valence electrons. The van der Waals surface area contributed by atoms with Crippen LogP contribution in [0.25, 0.3) is 6.08 Å². The van der Waals surface area contributed by atoms with Gasteiger partial charge in [-0.1, -0.05) is 13.8 Å². The summed E-state index contributed by atoms with van der Waals surface area (Å²) in [7, 11) is 2.22. The fourth-order valence-electron chi connectivity index (χ4n) is 7.46. The zero-order chi connectivity index (χ0) is 23.6. The van der Waals surface area contributed by atoms with Crippen molar-refractivity contribution in [3.05, 3.63) is 53.5 Å². The molecule has 0 radical (unpaired) electrons. The summed E-state index contributed by atoms with van der Waals surface area (Å²) in [5.41, 5.74) is 3.05. The third-order valence-electron chi connectivity index (χ3n) is 8.79. The van der Waals surface area contributed by atoms with Gasteiger partial charge in [-0.15, -0.1) is 0 Å². The normalized spacial score (nSPS) is 31.5. The number of hydrogen-bond donors (Lipinski definition) is 1. The number of hydrogen-bond acceptors (Lipinski definition) is 5. The number of nitrogens with zero attached hydrogens (tertiary/aromatic N) is 2. The highest BCUT2D eigenvalue weighted by molar-refractivity contribution is 5.92. The Morgan fingerprint density at radius 2 is 2.18 bits per heavy atom. The summed E-state index contributed by atoms with van der Waals surface area (Å²) in [6.45, 7) is 6.03. The lowest BCUT2D eigenvalue weighted by Crippen LogP contribution is -2.68. The van der Waals surface area contributed by atoms with Crippen LogP contribution >= 0.6 is 0 Å². The van der Waals surface area contributed by atoms with Crippen molar-refractivity contribution in [2.75, 3.05) is 20.1 Å². The molecule has 2 bridgehead atoms. The van der Waals surface area contributed by atoms with Crippen LogP contribution in [0, 0.1) is 11.8 Å². The fraction of sp³-hybridized carbons (Fsp3) is 0.536. The smallest absolute Gasteiger partial charge is 0.246 e. The number of amides is 1. The van der Waals surface area contributed by atoms with Crippen molar-refractivity contribution in [1.82, 2.24) is 9.80 Å². The lowest BCUT2D eigenvalue weighted by molar-refractivity contribution is -0.138. The topological polar surface area (TPSA) is 66.2 Å². The summed E-state index contributed by atoms with van der Waals surface area (Å²) in [5.74, 6) is 2.17. The zero-order valence-corrected chi connectivity index (χ0v) is 20.2. The van der Waals surface area contributed by atoms with Crippen LogP contribution in [0.5, 0.6) is 11.5 Å². The maximum Gasteiger partial charge on any atom is 0.246 e. The minimum absolute atomic E-state index is 0.00435. The van der Waals surface area contributed by atoms with E-state index < -0.39 is 0 Å². The Hall–Kier alpha value is -2.73. The monoisotopic (exact) mass is 462 g/mol. The number of piperidine rings is 1. The van der Waals surface area contributed by atoms with Crippen molar-refractivity contribution in [3.8, 4) is 11.5 Å². The predicted molar refractivity (Wildman–Crippen MR) is 130 cm³/mol. The van der Waals surface area contributed by atoms with Gasteiger partial charge in [-0.2, -0.15) is 0 Å². The first-order chi connectivity index (χ1) is 16.4. The Morgan fingerprint density at radius 3 is 2.94 bits per heavy atom. The van der Waals surface area contributed by atoms with Gasteiger partial charge in [0.1, 0.15) is 17.6 Å². The molecular formula is C28H34N2O4. The molecule has 34 heavy (non-hydrogen) atoms. The fourth-order valence-corrected chi connectivity index (χ4v) is 7.46. The largest absolute Gasteiger partial charge is 0.508 e. The molecule has 1 spiro atoms. The Balaban J connectivity index is 1.41. The Labute approximate surface area is 201 Å². The summed E-state index contributed by atoms with van der Waals surface area (Å²) < 4.78 is 11.9. The first-order valence-corrected chi connectivity index (χ1v) is 12.6. The minimum Gasteiger partial charge on any atom is -0.508 e. The van der Waals surface area contributed by atoms with E-state index in [1.165, 1.54) is 5.56 Å². The van der Waals surface area contributed by atoms with E-state index in [0.29, 0.717) is 30.2 Å². The number of carbonyl (C=O) groups excluding carboxylic acids is 1. The SMILES string of the molecule is CC(C)CN(C(=O)C=Cc1ccoc1)[C@H]1CC[C@H]2[C@H]3Cc4c(O)ccc5c4[C@@]2(CCN3C)[C@@H]1O5. The van der Waals surface area contributed by atoms with E-state index >= 15 is 0 Å². The molecule has 1 N–H and O–H groups in total. The van der Waals surface area contributed by atoms with Gasteiger partial charge in [0.25, 0.3) is 0 Å². The molecule has 1 amide bonds. The Bertz CT molecular complexity index is 1120. The third-order valence-corrected chi connectivity index (χ3v) is 8.79. The van der Waals surface area contributed by atoms with Crippen molar-refractivity contribution >= 4 is 12.0 Å². The van der Waals surface area contributed by atoms with Crippen LogP contribution in [-0.2, 0) is 16.6 Å². The van der Waals surface area contributed by atoms with Gasteiger partial charge in [0.2, 0.25) is 5.91 Å². The van der Waals surface area contributed by atoms with Gasteiger partial charge >= 0.3 is 0 Å². The maximum absolute atomic E-state index is 13.6. The van der Waals surface area contributed by atoms with Crippen LogP contribution in [0.15, 0.2) is 41.2 Å². The van der Waals surface area contributed by atoms with E-state index in [0.717, 1.165) is 49.1 Å².